The van der Waals surface area contributed by atoms with Crippen LogP contribution in [0.3, 0.4) is 0 Å². The Morgan fingerprint density at radius 3 is 2.54 bits per heavy atom. The summed E-state index contributed by atoms with van der Waals surface area (Å²) >= 11 is 0. The van der Waals surface area contributed by atoms with Gasteiger partial charge < -0.3 is 25.3 Å². The number of aliphatic imine (C=N–C) groups is 1. The summed E-state index contributed by atoms with van der Waals surface area (Å²) < 4.78 is 16.2. The lowest BCUT2D eigenvalue weighted by Gasteiger charge is -2.48. The van der Waals surface area contributed by atoms with Gasteiger partial charge in [0.25, 0.3) is 0 Å². The van der Waals surface area contributed by atoms with E-state index in [1.54, 1.807) is 14.2 Å². The Kier molecular flexibility index (Phi) is 7.39. The van der Waals surface area contributed by atoms with Gasteiger partial charge in [0.2, 0.25) is 0 Å². The Bertz CT molecular complexity index is 653. The van der Waals surface area contributed by atoms with Gasteiger partial charge in [0.05, 0.1) is 34.0 Å². The number of rotatable bonds is 7. The third-order valence-electron chi connectivity index (χ3n) is 5.94. The molecule has 2 aliphatic rings. The van der Waals surface area contributed by atoms with Gasteiger partial charge in [-0.25, -0.2) is 4.99 Å². The second kappa shape index (κ2) is 9.98. The van der Waals surface area contributed by atoms with Crippen LogP contribution >= 0.6 is 0 Å². The maximum Gasteiger partial charge on any atom is 0.188 e. The topological polar surface area (TPSA) is 81.3 Å². The van der Waals surface area contributed by atoms with Crippen molar-refractivity contribution in [2.45, 2.75) is 44.2 Å². The van der Waals surface area contributed by atoms with Gasteiger partial charge in [0, 0.05) is 25.2 Å². The van der Waals surface area contributed by atoms with Crippen molar-refractivity contribution < 1.29 is 14.2 Å². The number of nitrogens with one attached hydrogen (secondary N) is 1. The first-order valence-corrected chi connectivity index (χ1v) is 10.2. The molecule has 0 atom stereocenters. The minimum atomic E-state index is 0.172. The summed E-state index contributed by atoms with van der Waals surface area (Å²) in [5, 5.41) is 3.40. The van der Waals surface area contributed by atoms with Crippen LogP contribution in [0.4, 0.5) is 0 Å². The highest BCUT2D eigenvalue weighted by atomic mass is 16.5. The van der Waals surface area contributed by atoms with Gasteiger partial charge in [-0.05, 0) is 30.5 Å². The molecule has 3 N–H and O–H groups in total. The molecule has 7 heteroatoms. The predicted octanol–water partition coefficient (Wildman–Crippen LogP) is 2.14. The van der Waals surface area contributed by atoms with Crippen LogP contribution in [0.5, 0.6) is 11.5 Å². The molecule has 2 fully saturated rings. The van der Waals surface area contributed by atoms with Crippen molar-refractivity contribution in [2.24, 2.45) is 10.7 Å². The van der Waals surface area contributed by atoms with Crippen molar-refractivity contribution in [3.63, 3.8) is 0 Å². The molecule has 28 heavy (non-hydrogen) atoms. The van der Waals surface area contributed by atoms with Crippen LogP contribution in [0.1, 0.15) is 37.7 Å². The van der Waals surface area contributed by atoms with Crippen molar-refractivity contribution in [3.8, 4) is 11.5 Å². The van der Waals surface area contributed by atoms with E-state index in [2.05, 4.69) is 15.2 Å². The van der Waals surface area contributed by atoms with Crippen molar-refractivity contribution >= 4 is 5.96 Å². The first-order chi connectivity index (χ1) is 13.7. The van der Waals surface area contributed by atoms with Gasteiger partial charge in [-0.15, -0.1) is 0 Å². The molecule has 1 heterocycles. The highest BCUT2D eigenvalue weighted by Crippen LogP contribution is 2.34. The smallest absolute Gasteiger partial charge is 0.188 e. The summed E-state index contributed by atoms with van der Waals surface area (Å²) in [7, 11) is 3.27. The molecule has 0 unspecified atom stereocenters. The molecule has 0 aromatic heterocycles. The molecule has 0 spiro atoms. The molecule has 1 aliphatic heterocycles. The zero-order valence-corrected chi connectivity index (χ0v) is 17.2. The van der Waals surface area contributed by atoms with Gasteiger partial charge >= 0.3 is 0 Å². The molecule has 0 amide bonds. The van der Waals surface area contributed by atoms with Crippen LogP contribution in [0.25, 0.3) is 0 Å². The molecular formula is C21H34N4O3. The lowest BCUT2D eigenvalue weighted by Crippen LogP contribution is -2.60. The summed E-state index contributed by atoms with van der Waals surface area (Å²) in [5.74, 6) is 1.91. The average molecular weight is 391 g/mol. The second-order valence-electron chi connectivity index (χ2n) is 7.63. The molecule has 1 saturated carbocycles. The summed E-state index contributed by atoms with van der Waals surface area (Å²) in [4.78, 5) is 7.13. The minimum Gasteiger partial charge on any atom is -0.493 e. The predicted molar refractivity (Wildman–Crippen MR) is 111 cm³/mol. The molecule has 1 aromatic rings. The molecule has 1 aromatic carbocycles. The number of guanidine groups is 1. The van der Waals surface area contributed by atoms with E-state index in [4.69, 9.17) is 19.9 Å². The Morgan fingerprint density at radius 2 is 1.86 bits per heavy atom. The molecule has 156 valence electrons. The molecular weight excluding hydrogens is 356 g/mol. The van der Waals surface area contributed by atoms with E-state index in [1.165, 1.54) is 32.1 Å². The number of methoxy groups -OCH3 is 2. The summed E-state index contributed by atoms with van der Waals surface area (Å²) in [6.45, 7) is 5.00. The first-order valence-electron chi connectivity index (χ1n) is 10.2. The first kappa shape index (κ1) is 20.7. The van der Waals surface area contributed by atoms with Gasteiger partial charge in [0.1, 0.15) is 0 Å². The van der Waals surface area contributed by atoms with E-state index < -0.39 is 0 Å². The fourth-order valence-electron chi connectivity index (χ4n) is 4.32. The van der Waals surface area contributed by atoms with E-state index in [-0.39, 0.29) is 5.54 Å². The molecule has 3 rings (SSSR count). The molecule has 1 aliphatic carbocycles. The zero-order valence-electron chi connectivity index (χ0n) is 17.2. The number of morpholine rings is 1. The van der Waals surface area contributed by atoms with Crippen LogP contribution in [-0.4, -0.2) is 63.5 Å². The van der Waals surface area contributed by atoms with Crippen molar-refractivity contribution in [2.75, 3.05) is 47.1 Å². The Labute approximate surface area is 168 Å². The lowest BCUT2D eigenvalue weighted by atomic mass is 9.80. The quantitative estimate of drug-likeness (QED) is 0.548. The monoisotopic (exact) mass is 390 g/mol. The van der Waals surface area contributed by atoms with Crippen molar-refractivity contribution in [3.05, 3.63) is 23.8 Å². The SMILES string of the molecule is COc1ccc(CN=C(N)NCC2(N3CCOCC3)CCCCC2)cc1OC. The number of hydrogen-bond donors (Lipinski definition) is 2. The average Bonchev–Trinajstić information content (AvgIpc) is 2.77. The maximum absolute atomic E-state index is 6.19. The largest absolute Gasteiger partial charge is 0.493 e. The fourth-order valence-corrected chi connectivity index (χ4v) is 4.32. The number of ether oxygens (including phenoxy) is 3. The Morgan fingerprint density at radius 1 is 1.14 bits per heavy atom. The second-order valence-corrected chi connectivity index (χ2v) is 7.63. The van der Waals surface area contributed by atoms with E-state index in [0.29, 0.717) is 24.0 Å². The van der Waals surface area contributed by atoms with Crippen LogP contribution in [0.15, 0.2) is 23.2 Å². The molecule has 7 nitrogen and oxygen atoms in total. The van der Waals surface area contributed by atoms with Gasteiger partial charge in [-0.3, -0.25) is 4.90 Å². The lowest BCUT2D eigenvalue weighted by molar-refractivity contribution is -0.0352. The van der Waals surface area contributed by atoms with Crippen LogP contribution < -0.4 is 20.5 Å². The minimum absolute atomic E-state index is 0.172. The number of benzene rings is 1. The van der Waals surface area contributed by atoms with Crippen LogP contribution in [0.2, 0.25) is 0 Å². The third-order valence-corrected chi connectivity index (χ3v) is 5.94. The molecule has 1 saturated heterocycles. The van der Waals surface area contributed by atoms with E-state index >= 15 is 0 Å². The van der Waals surface area contributed by atoms with E-state index in [0.717, 1.165) is 38.4 Å². The number of nitrogens with two attached hydrogens (primary N) is 1. The van der Waals surface area contributed by atoms with Crippen LogP contribution in [0, 0.1) is 0 Å². The van der Waals surface area contributed by atoms with Crippen molar-refractivity contribution in [1.82, 2.24) is 10.2 Å². The summed E-state index contributed by atoms with van der Waals surface area (Å²) in [6, 6.07) is 5.81. The number of hydrogen-bond acceptors (Lipinski definition) is 5. The van der Waals surface area contributed by atoms with Crippen molar-refractivity contribution in [1.29, 1.82) is 0 Å². The normalized spacial score (nSPS) is 20.6. The Hall–Kier alpha value is -1.99. The summed E-state index contributed by atoms with van der Waals surface area (Å²) in [5.41, 5.74) is 7.40. The van der Waals surface area contributed by atoms with Crippen LogP contribution in [-0.2, 0) is 11.3 Å². The van der Waals surface area contributed by atoms with Gasteiger partial charge in [0.15, 0.2) is 17.5 Å². The fraction of sp³-hybridized carbons (Fsp3) is 0.667. The zero-order chi connectivity index (χ0) is 19.8. The molecule has 0 bridgehead atoms. The van der Waals surface area contributed by atoms with Gasteiger partial charge in [-0.1, -0.05) is 25.3 Å². The highest BCUT2D eigenvalue weighted by molar-refractivity contribution is 5.77. The maximum atomic E-state index is 6.19. The Balaban J connectivity index is 1.60. The van der Waals surface area contributed by atoms with E-state index in [9.17, 15) is 0 Å². The van der Waals surface area contributed by atoms with E-state index in [1.807, 2.05) is 18.2 Å². The standard InChI is InChI=1S/C21H34N4O3/c1-26-18-7-6-17(14-19(18)27-2)15-23-20(22)24-16-21(8-4-3-5-9-21)25-10-12-28-13-11-25/h6-7,14H,3-5,8-13,15-16H2,1-2H3,(H3,22,23,24). The summed E-state index contributed by atoms with van der Waals surface area (Å²) in [6.07, 6.45) is 6.31. The van der Waals surface area contributed by atoms with Gasteiger partial charge in [-0.2, -0.15) is 0 Å². The molecule has 0 radical (unpaired) electrons. The number of nitrogens with zero attached hydrogens (tertiary/aromatic N) is 2. The third kappa shape index (κ3) is 5.08. The highest BCUT2D eigenvalue weighted by Gasteiger charge is 2.38.